The third-order valence-corrected chi connectivity index (χ3v) is 7.28. The molecule has 0 N–H and O–H groups in total. The maximum Gasteiger partial charge on any atom is 0.337 e. The highest BCUT2D eigenvalue weighted by Crippen LogP contribution is 2.27. The molecule has 1 aliphatic heterocycles. The number of methoxy groups -OCH3 is 2. The van der Waals surface area contributed by atoms with E-state index < -0.39 is 0 Å². The minimum absolute atomic E-state index is 0.322. The van der Waals surface area contributed by atoms with Gasteiger partial charge in [0.05, 0.1) is 31.7 Å². The van der Waals surface area contributed by atoms with Gasteiger partial charge >= 0.3 is 5.97 Å². The monoisotopic (exact) mass is 498 g/mol. The molecule has 0 unspecified atom stereocenters. The van der Waals surface area contributed by atoms with E-state index in [0.717, 1.165) is 47.7 Å². The molecule has 1 aliphatic rings. The fourth-order valence-electron chi connectivity index (χ4n) is 5.29. The van der Waals surface area contributed by atoms with Gasteiger partial charge < -0.3 is 18.9 Å². The highest BCUT2D eigenvalue weighted by molar-refractivity contribution is 5.89. The zero-order chi connectivity index (χ0) is 25.9. The molecule has 0 spiro atoms. The number of benzene rings is 2. The van der Waals surface area contributed by atoms with Gasteiger partial charge in [0.2, 0.25) is 0 Å². The summed E-state index contributed by atoms with van der Waals surface area (Å²) < 4.78 is 12.3. The summed E-state index contributed by atoms with van der Waals surface area (Å²) in [6, 6.07) is 21.1. The molecule has 0 saturated carbocycles. The van der Waals surface area contributed by atoms with E-state index >= 15 is 0 Å². The molecule has 1 saturated heterocycles. The van der Waals surface area contributed by atoms with E-state index in [-0.39, 0.29) is 5.97 Å². The number of aromatic nitrogens is 2. The number of esters is 1. The van der Waals surface area contributed by atoms with Crippen LogP contribution in [0.3, 0.4) is 0 Å². The Morgan fingerprint density at radius 3 is 2.41 bits per heavy atom. The molecule has 4 aromatic rings. The predicted octanol–water partition coefficient (Wildman–Crippen LogP) is 4.98. The van der Waals surface area contributed by atoms with Gasteiger partial charge in [-0.1, -0.05) is 24.3 Å². The largest absolute Gasteiger partial charge is 0.497 e. The van der Waals surface area contributed by atoms with Crippen LogP contribution in [0.25, 0.3) is 11.0 Å². The highest BCUT2D eigenvalue weighted by atomic mass is 16.5. The number of ether oxygens (including phenoxy) is 2. The van der Waals surface area contributed by atoms with E-state index in [4.69, 9.17) is 14.5 Å². The van der Waals surface area contributed by atoms with Gasteiger partial charge in [-0.2, -0.15) is 0 Å². The standard InChI is InChI=1S/C30H34N4O3/c1-21-17-33(18-22(2)34(21)20-24-6-5-7-28(14-24)36-3)27-15-26-12-13-32(29(26)31-16-27)19-23-8-10-25(11-9-23)30(35)37-4/h5-16,21-22H,17-20H2,1-4H3/t21-,22+. The van der Waals surface area contributed by atoms with Gasteiger partial charge in [0.15, 0.2) is 0 Å². The molecule has 2 aromatic heterocycles. The van der Waals surface area contributed by atoms with Crippen LogP contribution in [0, 0.1) is 0 Å². The topological polar surface area (TPSA) is 59.8 Å². The minimum Gasteiger partial charge on any atom is -0.497 e. The van der Waals surface area contributed by atoms with Crippen molar-refractivity contribution in [3.05, 3.63) is 89.7 Å². The fraction of sp³-hybridized carbons (Fsp3) is 0.333. The summed E-state index contributed by atoms with van der Waals surface area (Å²) in [5.41, 5.74) is 5.05. The molecule has 1 fully saturated rings. The molecule has 3 heterocycles. The van der Waals surface area contributed by atoms with Gasteiger partial charge in [0.1, 0.15) is 11.4 Å². The van der Waals surface area contributed by atoms with E-state index in [1.54, 1.807) is 19.2 Å². The molecular formula is C30H34N4O3. The van der Waals surface area contributed by atoms with Crippen LogP contribution in [-0.4, -0.2) is 59.8 Å². The first kappa shape index (κ1) is 24.8. The van der Waals surface area contributed by atoms with Gasteiger partial charge in [0, 0.05) is 49.8 Å². The Hall–Kier alpha value is -3.84. The molecular weight excluding hydrogens is 464 g/mol. The third-order valence-electron chi connectivity index (χ3n) is 7.28. The number of hydrogen-bond acceptors (Lipinski definition) is 6. The van der Waals surface area contributed by atoms with Crippen molar-refractivity contribution < 1.29 is 14.3 Å². The molecule has 7 nitrogen and oxygen atoms in total. The summed E-state index contributed by atoms with van der Waals surface area (Å²) >= 11 is 0. The lowest BCUT2D eigenvalue weighted by Gasteiger charge is -2.45. The van der Waals surface area contributed by atoms with Crippen molar-refractivity contribution in [3.63, 3.8) is 0 Å². The molecule has 7 heteroatoms. The quantitative estimate of drug-likeness (QED) is 0.335. The Morgan fingerprint density at radius 1 is 0.946 bits per heavy atom. The molecule has 0 amide bonds. The average molecular weight is 499 g/mol. The smallest absolute Gasteiger partial charge is 0.337 e. The van der Waals surface area contributed by atoms with E-state index in [2.05, 4.69) is 64.7 Å². The first-order chi connectivity index (χ1) is 17.9. The zero-order valence-corrected chi connectivity index (χ0v) is 21.9. The number of fused-ring (bicyclic) bond motifs is 1. The maximum absolute atomic E-state index is 11.7. The fourth-order valence-corrected chi connectivity index (χ4v) is 5.29. The summed E-state index contributed by atoms with van der Waals surface area (Å²) in [6.07, 6.45) is 4.07. The lowest BCUT2D eigenvalue weighted by Crippen LogP contribution is -2.56. The molecule has 5 rings (SSSR count). The number of carbonyl (C=O) groups excluding carboxylic acids is 1. The van der Waals surface area contributed by atoms with Gasteiger partial charge in [-0.15, -0.1) is 0 Å². The van der Waals surface area contributed by atoms with Crippen molar-refractivity contribution in [1.82, 2.24) is 14.5 Å². The van der Waals surface area contributed by atoms with Gasteiger partial charge in [-0.05, 0) is 61.4 Å². The van der Waals surface area contributed by atoms with Gasteiger partial charge in [0.25, 0.3) is 0 Å². The van der Waals surface area contributed by atoms with Crippen molar-refractivity contribution in [1.29, 1.82) is 0 Å². The lowest BCUT2D eigenvalue weighted by molar-refractivity contribution is 0.0600. The molecule has 0 bridgehead atoms. The summed E-state index contributed by atoms with van der Waals surface area (Å²) in [4.78, 5) is 21.6. The van der Waals surface area contributed by atoms with E-state index in [9.17, 15) is 4.79 Å². The van der Waals surface area contributed by atoms with Crippen molar-refractivity contribution in [2.75, 3.05) is 32.2 Å². The second kappa shape index (κ2) is 10.6. The summed E-state index contributed by atoms with van der Waals surface area (Å²) in [5.74, 6) is 0.581. The van der Waals surface area contributed by atoms with Crippen LogP contribution in [0.15, 0.2) is 73.1 Å². The van der Waals surface area contributed by atoms with Gasteiger partial charge in [-0.25, -0.2) is 9.78 Å². The number of rotatable bonds is 7. The average Bonchev–Trinajstić information content (AvgIpc) is 3.32. The first-order valence-corrected chi connectivity index (χ1v) is 12.7. The molecule has 0 aliphatic carbocycles. The van der Waals surface area contributed by atoms with Gasteiger partial charge in [-0.3, -0.25) is 4.90 Å². The summed E-state index contributed by atoms with van der Waals surface area (Å²) in [6.45, 7) is 8.11. The number of carbonyl (C=O) groups is 1. The van der Waals surface area contributed by atoms with Crippen LogP contribution < -0.4 is 9.64 Å². The van der Waals surface area contributed by atoms with Crippen LogP contribution in [0.5, 0.6) is 5.75 Å². The second-order valence-corrected chi connectivity index (χ2v) is 9.87. The third kappa shape index (κ3) is 5.32. The summed E-state index contributed by atoms with van der Waals surface area (Å²) in [7, 11) is 3.11. The number of nitrogens with zero attached hydrogens (tertiary/aromatic N) is 4. The Kier molecular flexibility index (Phi) is 7.15. The predicted molar refractivity (Wildman–Crippen MR) is 146 cm³/mol. The summed E-state index contributed by atoms with van der Waals surface area (Å²) in [5, 5.41) is 1.13. The number of anilines is 1. The van der Waals surface area contributed by atoms with Crippen molar-refractivity contribution >= 4 is 22.7 Å². The van der Waals surface area contributed by atoms with Crippen molar-refractivity contribution in [2.24, 2.45) is 0 Å². The van der Waals surface area contributed by atoms with E-state index in [1.165, 1.54) is 12.7 Å². The molecule has 2 atom stereocenters. The number of piperazine rings is 1. The Balaban J connectivity index is 1.27. The molecule has 37 heavy (non-hydrogen) atoms. The van der Waals surface area contributed by atoms with E-state index in [0.29, 0.717) is 24.2 Å². The SMILES string of the molecule is COC(=O)c1ccc(Cn2ccc3cc(N4C[C@@H](C)N(Cc5cccc(OC)c5)[C@@H](C)C4)cnc32)cc1. The Labute approximate surface area is 218 Å². The zero-order valence-electron chi connectivity index (χ0n) is 21.9. The van der Waals surface area contributed by atoms with Crippen LogP contribution in [0.4, 0.5) is 5.69 Å². The van der Waals surface area contributed by atoms with Crippen molar-refractivity contribution in [3.8, 4) is 5.75 Å². The van der Waals surface area contributed by atoms with Crippen LogP contribution in [0.1, 0.15) is 35.3 Å². The van der Waals surface area contributed by atoms with Crippen LogP contribution in [-0.2, 0) is 17.8 Å². The number of pyridine rings is 1. The molecule has 2 aromatic carbocycles. The minimum atomic E-state index is -0.322. The first-order valence-electron chi connectivity index (χ1n) is 12.7. The highest BCUT2D eigenvalue weighted by Gasteiger charge is 2.30. The molecule has 192 valence electrons. The molecule has 0 radical (unpaired) electrons. The van der Waals surface area contributed by atoms with E-state index in [1.807, 2.05) is 24.4 Å². The van der Waals surface area contributed by atoms with Crippen LogP contribution >= 0.6 is 0 Å². The number of hydrogen-bond donors (Lipinski definition) is 0. The normalized spacial score (nSPS) is 18.2. The lowest BCUT2D eigenvalue weighted by atomic mass is 10.1. The second-order valence-electron chi connectivity index (χ2n) is 9.87. The Morgan fingerprint density at radius 2 is 1.70 bits per heavy atom. The maximum atomic E-state index is 11.7. The van der Waals surface area contributed by atoms with Crippen LogP contribution in [0.2, 0.25) is 0 Å². The van der Waals surface area contributed by atoms with Crippen molar-refractivity contribution in [2.45, 2.75) is 39.0 Å². The Bertz CT molecular complexity index is 1370.